The van der Waals surface area contributed by atoms with Gasteiger partial charge in [-0.2, -0.15) is 11.8 Å². The minimum absolute atomic E-state index is 0.941. The number of rotatable bonds is 32. The Morgan fingerprint density at radius 1 is 0.270 bits per heavy atom. The number of hydrogen-bond acceptors (Lipinski definition) is 1. The molecule has 0 heterocycles. The van der Waals surface area contributed by atoms with Crippen molar-refractivity contribution in [1.82, 2.24) is 0 Å². The van der Waals surface area contributed by atoms with Gasteiger partial charge >= 0.3 is 0 Å². The molecule has 224 valence electrons. The lowest BCUT2D eigenvalue weighted by atomic mass is 10.0. The third-order valence-electron chi connectivity index (χ3n) is 8.40. The first kappa shape index (κ1) is 37.4. The average Bonchev–Trinajstić information content (AvgIpc) is 2.91. The van der Waals surface area contributed by atoms with Crippen LogP contribution in [0.2, 0.25) is 0 Å². The van der Waals surface area contributed by atoms with Crippen molar-refractivity contribution in [3.8, 4) is 0 Å². The maximum absolute atomic E-state index is 2.47. The van der Waals surface area contributed by atoms with E-state index in [0.717, 1.165) is 10.5 Å². The molecule has 0 spiro atoms. The van der Waals surface area contributed by atoms with Crippen LogP contribution in [0.15, 0.2) is 0 Å². The molecule has 2 unspecified atom stereocenters. The predicted octanol–water partition coefficient (Wildman–Crippen LogP) is 14.2. The molecule has 0 bridgehead atoms. The van der Waals surface area contributed by atoms with Crippen LogP contribution >= 0.6 is 11.8 Å². The van der Waals surface area contributed by atoms with E-state index in [4.69, 9.17) is 0 Å². The van der Waals surface area contributed by atoms with E-state index in [0.29, 0.717) is 0 Å². The van der Waals surface area contributed by atoms with Crippen LogP contribution < -0.4 is 0 Å². The van der Waals surface area contributed by atoms with Gasteiger partial charge in [-0.05, 0) is 25.7 Å². The summed E-state index contributed by atoms with van der Waals surface area (Å²) in [5.41, 5.74) is 0. The third-order valence-corrected chi connectivity index (χ3v) is 10.1. The maximum Gasteiger partial charge on any atom is 0.00498 e. The molecule has 0 fully saturated rings. The van der Waals surface area contributed by atoms with Crippen LogP contribution in [0.25, 0.3) is 0 Å². The van der Waals surface area contributed by atoms with E-state index in [2.05, 4.69) is 39.5 Å². The molecular weight excluding hydrogens is 464 g/mol. The van der Waals surface area contributed by atoms with Gasteiger partial charge in [-0.25, -0.2) is 0 Å². The Balaban J connectivity index is 4.60. The van der Waals surface area contributed by atoms with Crippen LogP contribution in [0.3, 0.4) is 0 Å². The van der Waals surface area contributed by atoms with Crippen molar-refractivity contribution < 1.29 is 0 Å². The van der Waals surface area contributed by atoms with Gasteiger partial charge in [0.1, 0.15) is 0 Å². The van der Waals surface area contributed by atoms with Crippen LogP contribution in [0.1, 0.15) is 220 Å². The second-order valence-corrected chi connectivity index (χ2v) is 13.9. The first-order valence-corrected chi connectivity index (χ1v) is 18.9. The monoisotopic (exact) mass is 539 g/mol. The Labute approximate surface area is 242 Å². The summed E-state index contributed by atoms with van der Waals surface area (Å²) in [5, 5.41) is 1.88. The largest absolute Gasteiger partial charge is 0.155 e. The first-order chi connectivity index (χ1) is 18.3. The average molecular weight is 539 g/mol. The molecular formula is C36H74S. The van der Waals surface area contributed by atoms with Crippen molar-refractivity contribution in [3.63, 3.8) is 0 Å². The zero-order valence-corrected chi connectivity index (χ0v) is 27.6. The van der Waals surface area contributed by atoms with E-state index < -0.39 is 0 Å². The van der Waals surface area contributed by atoms with Gasteiger partial charge in [0.15, 0.2) is 0 Å². The molecule has 0 aliphatic heterocycles. The lowest BCUT2D eigenvalue weighted by Gasteiger charge is -2.24. The van der Waals surface area contributed by atoms with Crippen molar-refractivity contribution in [3.05, 3.63) is 0 Å². The summed E-state index contributed by atoms with van der Waals surface area (Å²) in [6.45, 7) is 9.34. The summed E-state index contributed by atoms with van der Waals surface area (Å²) >= 11 is 2.47. The molecule has 0 radical (unpaired) electrons. The predicted molar refractivity (Wildman–Crippen MR) is 176 cm³/mol. The Bertz CT molecular complexity index is 356. The molecule has 1 heteroatoms. The summed E-state index contributed by atoms with van der Waals surface area (Å²) in [7, 11) is 0. The molecule has 0 aromatic carbocycles. The fourth-order valence-corrected chi connectivity index (χ4v) is 7.55. The SMILES string of the molecule is CCCCCCCCCC(CCCCCCCC)SC(CCCCCCCC)CCCCCCCCC. The van der Waals surface area contributed by atoms with E-state index >= 15 is 0 Å². The molecule has 0 saturated carbocycles. The molecule has 0 saturated heterocycles. The Morgan fingerprint density at radius 2 is 0.459 bits per heavy atom. The minimum Gasteiger partial charge on any atom is -0.155 e. The van der Waals surface area contributed by atoms with E-state index in [1.54, 1.807) is 0 Å². The smallest absolute Gasteiger partial charge is 0.00498 e. The van der Waals surface area contributed by atoms with Gasteiger partial charge in [-0.3, -0.25) is 0 Å². The summed E-state index contributed by atoms with van der Waals surface area (Å²) in [4.78, 5) is 0. The second kappa shape index (κ2) is 32.6. The number of unbranched alkanes of at least 4 members (excludes halogenated alkanes) is 22. The Kier molecular flexibility index (Phi) is 32.9. The van der Waals surface area contributed by atoms with E-state index in [-0.39, 0.29) is 0 Å². The van der Waals surface area contributed by atoms with E-state index in [1.165, 1.54) is 193 Å². The highest BCUT2D eigenvalue weighted by atomic mass is 32.2. The summed E-state index contributed by atoms with van der Waals surface area (Å²) in [6, 6.07) is 0. The molecule has 0 aromatic rings. The summed E-state index contributed by atoms with van der Waals surface area (Å²) in [5.74, 6) is 0. The zero-order valence-electron chi connectivity index (χ0n) is 26.8. The molecule has 37 heavy (non-hydrogen) atoms. The highest BCUT2D eigenvalue weighted by Crippen LogP contribution is 2.33. The molecule has 0 aliphatic rings. The number of thioether (sulfide) groups is 1. The highest BCUT2D eigenvalue weighted by Gasteiger charge is 2.17. The topological polar surface area (TPSA) is 0 Å². The fourth-order valence-electron chi connectivity index (χ4n) is 5.80. The van der Waals surface area contributed by atoms with Crippen molar-refractivity contribution in [2.75, 3.05) is 0 Å². The highest BCUT2D eigenvalue weighted by molar-refractivity contribution is 8.00. The molecule has 0 N–H and O–H groups in total. The molecule has 0 aromatic heterocycles. The molecule has 0 rings (SSSR count). The fraction of sp³-hybridized carbons (Fsp3) is 1.00. The van der Waals surface area contributed by atoms with Gasteiger partial charge < -0.3 is 0 Å². The van der Waals surface area contributed by atoms with E-state index in [1.807, 2.05) is 0 Å². The maximum atomic E-state index is 2.47. The minimum atomic E-state index is 0.941. The summed E-state index contributed by atoms with van der Waals surface area (Å²) < 4.78 is 0. The van der Waals surface area contributed by atoms with Gasteiger partial charge in [-0.1, -0.05) is 195 Å². The van der Waals surface area contributed by atoms with Crippen LogP contribution in [0.4, 0.5) is 0 Å². The molecule has 0 nitrogen and oxygen atoms in total. The second-order valence-electron chi connectivity index (χ2n) is 12.3. The van der Waals surface area contributed by atoms with Gasteiger partial charge in [0.2, 0.25) is 0 Å². The van der Waals surface area contributed by atoms with Crippen molar-refractivity contribution in [2.24, 2.45) is 0 Å². The Hall–Kier alpha value is 0.350. The van der Waals surface area contributed by atoms with Crippen LogP contribution in [-0.4, -0.2) is 10.5 Å². The van der Waals surface area contributed by atoms with Gasteiger partial charge in [0.25, 0.3) is 0 Å². The third kappa shape index (κ3) is 29.2. The van der Waals surface area contributed by atoms with Crippen LogP contribution in [-0.2, 0) is 0 Å². The van der Waals surface area contributed by atoms with Gasteiger partial charge in [-0.15, -0.1) is 0 Å². The standard InChI is InChI=1S/C36H74S/c1-5-9-13-17-21-25-29-33-35(31-27-23-19-15-11-7-3)37-36(32-28-24-20-16-12-8-4)34-30-26-22-18-14-10-6-2/h35-36H,5-34H2,1-4H3. The molecule has 0 amide bonds. The van der Waals surface area contributed by atoms with Crippen molar-refractivity contribution in [2.45, 2.75) is 231 Å². The van der Waals surface area contributed by atoms with Gasteiger partial charge in [0.05, 0.1) is 0 Å². The Morgan fingerprint density at radius 3 is 0.676 bits per heavy atom. The van der Waals surface area contributed by atoms with Crippen LogP contribution in [0, 0.1) is 0 Å². The lowest BCUT2D eigenvalue weighted by molar-refractivity contribution is 0.525. The normalized spacial score (nSPS) is 13.3. The van der Waals surface area contributed by atoms with Crippen LogP contribution in [0.5, 0.6) is 0 Å². The molecule has 2 atom stereocenters. The van der Waals surface area contributed by atoms with Gasteiger partial charge in [0, 0.05) is 10.5 Å². The van der Waals surface area contributed by atoms with Crippen molar-refractivity contribution in [1.29, 1.82) is 0 Å². The first-order valence-electron chi connectivity index (χ1n) is 17.9. The zero-order chi connectivity index (χ0) is 27.1. The summed E-state index contributed by atoms with van der Waals surface area (Å²) in [6.07, 6.45) is 43.8. The molecule has 0 aliphatic carbocycles. The van der Waals surface area contributed by atoms with Crippen molar-refractivity contribution >= 4 is 11.8 Å². The quantitative estimate of drug-likeness (QED) is 0.0767. The lowest BCUT2D eigenvalue weighted by Crippen LogP contribution is -2.12. The number of hydrogen-bond donors (Lipinski definition) is 0. The van der Waals surface area contributed by atoms with E-state index in [9.17, 15) is 0 Å².